The molecule has 8 heteroatoms. The van der Waals surface area contributed by atoms with Crippen LogP contribution in [-0.2, 0) is 31.8 Å². The van der Waals surface area contributed by atoms with Gasteiger partial charge in [-0.25, -0.2) is 9.18 Å². The molecular formula is C18H22F4O4. The average molecular weight is 378 g/mol. The summed E-state index contributed by atoms with van der Waals surface area (Å²) in [6.07, 6.45) is -1.18. The van der Waals surface area contributed by atoms with Crippen LogP contribution < -0.4 is 0 Å². The molecule has 0 unspecified atom stereocenters. The lowest BCUT2D eigenvalue weighted by Gasteiger charge is -2.28. The van der Waals surface area contributed by atoms with E-state index >= 15 is 0 Å². The number of unbranched alkanes of at least 4 members (excludes halogenated alkanes) is 1. The molecule has 146 valence electrons. The maximum atomic E-state index is 14.1. The van der Waals surface area contributed by atoms with Crippen molar-refractivity contribution in [3.63, 3.8) is 0 Å². The summed E-state index contributed by atoms with van der Waals surface area (Å²) in [5.41, 5.74) is 1.54. The maximum Gasteiger partial charge on any atom is 0.491 e. The molecule has 0 bridgehead atoms. The Bertz CT molecular complexity index is 595. The molecule has 1 aliphatic rings. The molecule has 0 aromatic heterocycles. The fourth-order valence-corrected chi connectivity index (χ4v) is 2.60. The van der Waals surface area contributed by atoms with Gasteiger partial charge in [0.15, 0.2) is 0 Å². The largest absolute Gasteiger partial charge is 0.491 e. The highest BCUT2D eigenvalue weighted by atomic mass is 19.4. The average Bonchev–Trinajstić information content (AvgIpc) is 2.59. The predicted molar refractivity (Wildman–Crippen MR) is 84.7 cm³/mol. The standard InChI is InChI=1S/C18H22F4O4/c1-2-3-4-12-5-7-14(15(19)9-12)8-6-13-10-24-17(25-11-13)26-16(23)18(20,21)22/h5,7,9,13,17H,2-4,6,8,10-11H2,1H3. The molecule has 0 N–H and O–H groups in total. The number of ether oxygens (including phenoxy) is 3. The van der Waals surface area contributed by atoms with Gasteiger partial charge in [-0.2, -0.15) is 13.2 Å². The van der Waals surface area contributed by atoms with Gasteiger partial charge in [0.25, 0.3) is 0 Å². The third-order valence-corrected chi connectivity index (χ3v) is 4.13. The third kappa shape index (κ3) is 6.25. The Hall–Kier alpha value is -1.67. The van der Waals surface area contributed by atoms with E-state index in [2.05, 4.69) is 11.7 Å². The summed E-state index contributed by atoms with van der Waals surface area (Å²) in [5.74, 6) is -2.73. The Kier molecular flexibility index (Phi) is 7.40. The molecule has 1 aromatic carbocycles. The minimum atomic E-state index is -5.09. The van der Waals surface area contributed by atoms with Crippen molar-refractivity contribution in [2.75, 3.05) is 13.2 Å². The summed E-state index contributed by atoms with van der Waals surface area (Å²) in [6, 6.07) is 5.22. The van der Waals surface area contributed by atoms with Gasteiger partial charge in [-0.3, -0.25) is 0 Å². The first-order valence-corrected chi connectivity index (χ1v) is 8.58. The number of aryl methyl sites for hydroxylation is 2. The summed E-state index contributed by atoms with van der Waals surface area (Å²) < 4.78 is 64.5. The normalized spacial score (nSPS) is 20.8. The minimum absolute atomic E-state index is 0.0754. The fourth-order valence-electron chi connectivity index (χ4n) is 2.60. The molecule has 0 atom stereocenters. The molecule has 1 heterocycles. The van der Waals surface area contributed by atoms with Crippen LogP contribution in [0.5, 0.6) is 0 Å². The highest BCUT2D eigenvalue weighted by Crippen LogP contribution is 2.23. The van der Waals surface area contributed by atoms with E-state index in [1.54, 1.807) is 12.1 Å². The van der Waals surface area contributed by atoms with E-state index in [-0.39, 0.29) is 24.9 Å². The molecule has 0 radical (unpaired) electrons. The summed E-state index contributed by atoms with van der Waals surface area (Å²) in [5, 5.41) is 0. The molecule has 1 aliphatic heterocycles. The van der Waals surface area contributed by atoms with E-state index in [0.29, 0.717) is 18.4 Å². The maximum absolute atomic E-state index is 14.1. The van der Waals surface area contributed by atoms with Crippen molar-refractivity contribution < 1.29 is 36.6 Å². The monoisotopic (exact) mass is 378 g/mol. The lowest BCUT2D eigenvalue weighted by Crippen LogP contribution is -2.38. The first-order valence-electron chi connectivity index (χ1n) is 8.58. The number of carbonyl (C=O) groups is 1. The number of carbonyl (C=O) groups excluding carboxylic acids is 1. The van der Waals surface area contributed by atoms with Crippen molar-refractivity contribution in [2.45, 2.75) is 51.7 Å². The molecule has 1 fully saturated rings. The summed E-state index contributed by atoms with van der Waals surface area (Å²) in [6.45, 7) is 0.570. The van der Waals surface area contributed by atoms with Gasteiger partial charge < -0.3 is 14.2 Å². The van der Waals surface area contributed by atoms with E-state index < -0.39 is 18.6 Å². The molecule has 0 saturated carbocycles. The topological polar surface area (TPSA) is 44.8 Å². The smallest absolute Gasteiger partial charge is 0.404 e. The van der Waals surface area contributed by atoms with E-state index in [4.69, 9.17) is 9.47 Å². The lowest BCUT2D eigenvalue weighted by atomic mass is 9.98. The van der Waals surface area contributed by atoms with E-state index in [1.807, 2.05) is 6.07 Å². The van der Waals surface area contributed by atoms with Crippen molar-refractivity contribution in [3.8, 4) is 0 Å². The summed E-state index contributed by atoms with van der Waals surface area (Å²) >= 11 is 0. The fraction of sp³-hybridized carbons (Fsp3) is 0.611. The molecule has 26 heavy (non-hydrogen) atoms. The van der Waals surface area contributed by atoms with Gasteiger partial charge >= 0.3 is 18.6 Å². The number of esters is 1. The van der Waals surface area contributed by atoms with Crippen molar-refractivity contribution in [2.24, 2.45) is 5.92 Å². The van der Waals surface area contributed by atoms with Crippen molar-refractivity contribution in [1.29, 1.82) is 0 Å². The molecular weight excluding hydrogens is 356 g/mol. The van der Waals surface area contributed by atoms with Crippen LogP contribution in [-0.4, -0.2) is 31.8 Å². The van der Waals surface area contributed by atoms with Gasteiger partial charge in [0.1, 0.15) is 5.82 Å². The SMILES string of the molecule is CCCCc1ccc(CCC2COC(OC(=O)C(F)(F)F)OC2)c(F)c1. The molecule has 4 nitrogen and oxygen atoms in total. The van der Waals surface area contributed by atoms with Crippen LogP contribution in [0.1, 0.15) is 37.3 Å². The lowest BCUT2D eigenvalue weighted by molar-refractivity contribution is -0.320. The van der Waals surface area contributed by atoms with Crippen LogP contribution in [0.15, 0.2) is 18.2 Å². The highest BCUT2D eigenvalue weighted by molar-refractivity contribution is 5.75. The van der Waals surface area contributed by atoms with E-state index in [9.17, 15) is 22.4 Å². The van der Waals surface area contributed by atoms with Crippen LogP contribution in [0.3, 0.4) is 0 Å². The number of hydrogen-bond donors (Lipinski definition) is 0. The number of alkyl halides is 3. The van der Waals surface area contributed by atoms with E-state index in [1.165, 1.54) is 0 Å². The van der Waals surface area contributed by atoms with Gasteiger partial charge in [-0.1, -0.05) is 25.5 Å². The number of hydrogen-bond acceptors (Lipinski definition) is 4. The quantitative estimate of drug-likeness (QED) is 0.528. The third-order valence-electron chi connectivity index (χ3n) is 4.13. The Balaban J connectivity index is 1.75. The second-order valence-corrected chi connectivity index (χ2v) is 6.29. The number of rotatable bonds is 7. The molecule has 1 aromatic rings. The number of halogens is 4. The zero-order valence-electron chi connectivity index (χ0n) is 14.5. The number of benzene rings is 1. The Morgan fingerprint density at radius 3 is 2.50 bits per heavy atom. The van der Waals surface area contributed by atoms with Crippen molar-refractivity contribution in [3.05, 3.63) is 35.1 Å². The zero-order valence-corrected chi connectivity index (χ0v) is 14.5. The van der Waals surface area contributed by atoms with E-state index in [0.717, 1.165) is 24.8 Å². The molecule has 0 amide bonds. The van der Waals surface area contributed by atoms with Gasteiger partial charge in [0.05, 0.1) is 13.2 Å². The van der Waals surface area contributed by atoms with Crippen molar-refractivity contribution >= 4 is 5.97 Å². The van der Waals surface area contributed by atoms with Gasteiger partial charge in [-0.05, 0) is 42.9 Å². The van der Waals surface area contributed by atoms with Gasteiger partial charge in [0.2, 0.25) is 0 Å². The second kappa shape index (κ2) is 9.32. The van der Waals surface area contributed by atoms with Gasteiger partial charge in [0, 0.05) is 5.92 Å². The first kappa shape index (κ1) is 20.6. The Labute approximate surface area is 149 Å². The Morgan fingerprint density at radius 1 is 1.23 bits per heavy atom. The van der Waals surface area contributed by atoms with Crippen molar-refractivity contribution in [1.82, 2.24) is 0 Å². The molecule has 0 spiro atoms. The summed E-state index contributed by atoms with van der Waals surface area (Å²) in [4.78, 5) is 10.7. The van der Waals surface area contributed by atoms with Crippen LogP contribution in [0.2, 0.25) is 0 Å². The minimum Gasteiger partial charge on any atom is -0.404 e. The predicted octanol–water partition coefficient (Wildman–Crippen LogP) is 4.15. The molecule has 0 aliphatic carbocycles. The molecule has 1 saturated heterocycles. The van der Waals surface area contributed by atoms with Crippen LogP contribution >= 0.6 is 0 Å². The van der Waals surface area contributed by atoms with Crippen LogP contribution in [0.4, 0.5) is 17.6 Å². The summed E-state index contributed by atoms with van der Waals surface area (Å²) in [7, 11) is 0. The molecule has 2 rings (SSSR count). The van der Waals surface area contributed by atoms with Gasteiger partial charge in [-0.15, -0.1) is 0 Å². The van der Waals surface area contributed by atoms with Crippen LogP contribution in [0.25, 0.3) is 0 Å². The Morgan fingerprint density at radius 2 is 1.92 bits per heavy atom. The highest BCUT2D eigenvalue weighted by Gasteiger charge is 2.43. The van der Waals surface area contributed by atoms with Crippen LogP contribution in [0, 0.1) is 11.7 Å². The zero-order chi connectivity index (χ0) is 19.2. The second-order valence-electron chi connectivity index (χ2n) is 6.29. The first-order chi connectivity index (χ1) is 12.3.